The van der Waals surface area contributed by atoms with Crippen molar-refractivity contribution in [3.05, 3.63) is 47.5 Å². The molecule has 3 nitrogen and oxygen atoms in total. The highest BCUT2D eigenvalue weighted by Crippen LogP contribution is 2.54. The number of methoxy groups -OCH3 is 1. The van der Waals surface area contributed by atoms with Crippen LogP contribution in [0.25, 0.3) is 0 Å². The van der Waals surface area contributed by atoms with Gasteiger partial charge in [0.1, 0.15) is 0 Å². The number of carbonyl (C=O) groups excluding carboxylic acids is 2. The quantitative estimate of drug-likeness (QED) is 0.463. The molecule has 3 heteroatoms. The van der Waals surface area contributed by atoms with E-state index in [1.54, 1.807) is 6.92 Å². The second-order valence-electron chi connectivity index (χ2n) is 4.77. The zero-order valence-electron chi connectivity index (χ0n) is 11.3. The highest BCUT2D eigenvalue weighted by atomic mass is 16.5. The van der Waals surface area contributed by atoms with Crippen molar-refractivity contribution in [3.63, 3.8) is 0 Å². The van der Waals surface area contributed by atoms with Gasteiger partial charge in [0.25, 0.3) is 0 Å². The van der Waals surface area contributed by atoms with Gasteiger partial charge in [-0.2, -0.15) is 0 Å². The predicted molar refractivity (Wildman–Crippen MR) is 72.6 cm³/mol. The van der Waals surface area contributed by atoms with Crippen molar-refractivity contribution in [2.45, 2.75) is 26.2 Å². The summed E-state index contributed by atoms with van der Waals surface area (Å²) in [4.78, 5) is 23.8. The summed E-state index contributed by atoms with van der Waals surface area (Å²) in [7, 11) is 1.33. The van der Waals surface area contributed by atoms with Crippen LogP contribution in [-0.4, -0.2) is 18.9 Å². The molecule has 1 aliphatic carbocycles. The number of esters is 1. The number of hydrogen-bond acceptors (Lipinski definition) is 3. The number of ketones is 1. The number of hydrogen-bond donors (Lipinski definition) is 0. The van der Waals surface area contributed by atoms with Crippen LogP contribution >= 0.6 is 0 Å². The minimum absolute atomic E-state index is 0.0429. The maximum Gasteiger partial charge on any atom is 0.323 e. The first-order valence-corrected chi connectivity index (χ1v) is 6.50. The molecule has 0 spiro atoms. The normalized spacial score (nSPS) is 23.2. The summed E-state index contributed by atoms with van der Waals surface area (Å²) in [6.45, 7) is 1.78. The lowest BCUT2D eigenvalue weighted by atomic mass is 9.97. The third-order valence-corrected chi connectivity index (χ3v) is 3.64. The molecule has 0 saturated heterocycles. The predicted octanol–water partition coefficient (Wildman–Crippen LogP) is 2.70. The number of allylic oxidation sites excluding steroid dienone is 1. The lowest BCUT2D eigenvalue weighted by Crippen LogP contribution is -2.27. The summed E-state index contributed by atoms with van der Waals surface area (Å²) < 4.78 is 4.78. The van der Waals surface area contributed by atoms with Gasteiger partial charge in [0.15, 0.2) is 11.2 Å². The number of rotatable bonds is 5. The molecule has 0 aliphatic heterocycles. The Labute approximate surface area is 113 Å². The molecule has 100 valence electrons. The summed E-state index contributed by atoms with van der Waals surface area (Å²) >= 11 is 0. The maximum atomic E-state index is 12.0. The lowest BCUT2D eigenvalue weighted by Gasteiger charge is -2.09. The highest BCUT2D eigenvalue weighted by Gasteiger charge is 2.61. The molecular formula is C16H18O3. The molecule has 1 aromatic carbocycles. The SMILES string of the molecule is CCC(=O)C1(C(=O)OC)C/C1=C/Cc1ccccc1. The Morgan fingerprint density at radius 2 is 2.00 bits per heavy atom. The first-order valence-electron chi connectivity index (χ1n) is 6.50. The van der Waals surface area contributed by atoms with E-state index in [9.17, 15) is 9.59 Å². The molecule has 0 amide bonds. The largest absolute Gasteiger partial charge is 0.468 e. The van der Waals surface area contributed by atoms with Crippen LogP contribution in [0.15, 0.2) is 42.0 Å². The van der Waals surface area contributed by atoms with Crippen LogP contribution in [0.4, 0.5) is 0 Å². The monoisotopic (exact) mass is 258 g/mol. The van der Waals surface area contributed by atoms with Crippen LogP contribution in [0.5, 0.6) is 0 Å². The smallest absolute Gasteiger partial charge is 0.323 e. The van der Waals surface area contributed by atoms with Crippen molar-refractivity contribution in [3.8, 4) is 0 Å². The van der Waals surface area contributed by atoms with Crippen LogP contribution in [0.2, 0.25) is 0 Å². The van der Waals surface area contributed by atoms with Crippen molar-refractivity contribution < 1.29 is 14.3 Å². The Balaban J connectivity index is 2.15. The molecule has 1 aliphatic rings. The first kappa shape index (κ1) is 13.5. The van der Waals surface area contributed by atoms with Gasteiger partial charge in [0.2, 0.25) is 0 Å². The van der Waals surface area contributed by atoms with Crippen LogP contribution in [0.3, 0.4) is 0 Å². The molecule has 19 heavy (non-hydrogen) atoms. The third-order valence-electron chi connectivity index (χ3n) is 3.64. The summed E-state index contributed by atoms with van der Waals surface area (Å²) in [5, 5.41) is 0. The molecule has 1 saturated carbocycles. The molecule has 0 aromatic heterocycles. The molecule has 1 atom stereocenters. The highest BCUT2D eigenvalue weighted by molar-refractivity contribution is 6.11. The van der Waals surface area contributed by atoms with E-state index in [0.717, 1.165) is 12.0 Å². The molecule has 1 aromatic rings. The van der Waals surface area contributed by atoms with E-state index in [-0.39, 0.29) is 5.78 Å². The van der Waals surface area contributed by atoms with E-state index >= 15 is 0 Å². The van der Waals surface area contributed by atoms with Gasteiger partial charge in [-0.3, -0.25) is 9.59 Å². The molecule has 0 bridgehead atoms. The number of ether oxygens (including phenoxy) is 1. The average Bonchev–Trinajstić information content (AvgIpc) is 3.20. The van der Waals surface area contributed by atoms with Crippen LogP contribution in [0.1, 0.15) is 25.3 Å². The van der Waals surface area contributed by atoms with Crippen LogP contribution in [-0.2, 0) is 20.7 Å². The van der Waals surface area contributed by atoms with E-state index in [1.807, 2.05) is 36.4 Å². The van der Waals surface area contributed by atoms with E-state index in [0.29, 0.717) is 12.8 Å². The molecule has 0 N–H and O–H groups in total. The van der Waals surface area contributed by atoms with Gasteiger partial charge in [-0.05, 0) is 24.0 Å². The fourth-order valence-electron chi connectivity index (χ4n) is 2.41. The Kier molecular flexibility index (Phi) is 3.84. The second-order valence-corrected chi connectivity index (χ2v) is 4.77. The zero-order valence-corrected chi connectivity index (χ0v) is 11.3. The molecule has 1 fully saturated rings. The van der Waals surface area contributed by atoms with Crippen LogP contribution in [0, 0.1) is 5.41 Å². The molecule has 2 rings (SSSR count). The Morgan fingerprint density at radius 3 is 2.58 bits per heavy atom. The van der Waals surface area contributed by atoms with Gasteiger partial charge < -0.3 is 4.74 Å². The number of Topliss-reactive ketones (excluding diaryl/α,β-unsaturated/α-hetero) is 1. The average molecular weight is 258 g/mol. The van der Waals surface area contributed by atoms with E-state index in [1.165, 1.54) is 12.7 Å². The number of carbonyl (C=O) groups is 2. The van der Waals surface area contributed by atoms with Gasteiger partial charge in [-0.15, -0.1) is 0 Å². The number of benzene rings is 1. The van der Waals surface area contributed by atoms with E-state index < -0.39 is 11.4 Å². The van der Waals surface area contributed by atoms with Crippen molar-refractivity contribution in [1.29, 1.82) is 0 Å². The fourth-order valence-corrected chi connectivity index (χ4v) is 2.41. The van der Waals surface area contributed by atoms with Crippen molar-refractivity contribution in [2.24, 2.45) is 5.41 Å². The van der Waals surface area contributed by atoms with E-state index in [2.05, 4.69) is 0 Å². The second kappa shape index (κ2) is 5.39. The zero-order chi connectivity index (χ0) is 13.9. The minimum Gasteiger partial charge on any atom is -0.468 e. The van der Waals surface area contributed by atoms with Gasteiger partial charge in [-0.25, -0.2) is 0 Å². The van der Waals surface area contributed by atoms with Crippen LogP contribution < -0.4 is 0 Å². The van der Waals surface area contributed by atoms with Gasteiger partial charge in [-0.1, -0.05) is 43.3 Å². The lowest BCUT2D eigenvalue weighted by molar-refractivity contribution is -0.150. The summed E-state index contributed by atoms with van der Waals surface area (Å²) in [6, 6.07) is 9.98. The molecule has 0 radical (unpaired) electrons. The van der Waals surface area contributed by atoms with Crippen molar-refractivity contribution in [2.75, 3.05) is 7.11 Å². The van der Waals surface area contributed by atoms with Gasteiger partial charge in [0, 0.05) is 6.42 Å². The topological polar surface area (TPSA) is 43.4 Å². The summed E-state index contributed by atoms with van der Waals surface area (Å²) in [6.07, 6.45) is 3.60. The maximum absolute atomic E-state index is 12.0. The Hall–Kier alpha value is -1.90. The molecular weight excluding hydrogens is 240 g/mol. The first-order chi connectivity index (χ1) is 9.15. The fraction of sp³-hybridized carbons (Fsp3) is 0.375. The Morgan fingerprint density at radius 1 is 1.32 bits per heavy atom. The summed E-state index contributed by atoms with van der Waals surface area (Å²) in [5.41, 5.74) is 1.10. The molecule has 0 heterocycles. The van der Waals surface area contributed by atoms with Gasteiger partial charge in [0.05, 0.1) is 7.11 Å². The Bertz CT molecular complexity index is 498. The standard InChI is InChI=1S/C16H18O3/c1-3-14(17)16(15(18)19-2)11-13(16)10-9-12-7-5-4-6-8-12/h4-8,10H,3,9,11H2,1-2H3/b13-10-. The van der Waals surface area contributed by atoms with E-state index in [4.69, 9.17) is 4.74 Å². The van der Waals surface area contributed by atoms with Crippen molar-refractivity contribution in [1.82, 2.24) is 0 Å². The molecule has 1 unspecified atom stereocenters. The van der Waals surface area contributed by atoms with Gasteiger partial charge >= 0.3 is 5.97 Å². The van der Waals surface area contributed by atoms with Crippen molar-refractivity contribution >= 4 is 11.8 Å². The minimum atomic E-state index is -0.974. The third kappa shape index (κ3) is 2.46. The summed E-state index contributed by atoms with van der Waals surface area (Å²) in [5.74, 6) is -0.461.